The second kappa shape index (κ2) is 3.97. The predicted octanol–water partition coefficient (Wildman–Crippen LogP) is -1.97. The summed E-state index contributed by atoms with van der Waals surface area (Å²) in [7, 11) is 2.05. The van der Waals surface area contributed by atoms with Gasteiger partial charge in [-0.05, 0) is 7.05 Å². The third-order valence-electron chi connectivity index (χ3n) is 2.63. The van der Waals surface area contributed by atoms with Crippen molar-refractivity contribution >= 4 is 17.8 Å². The van der Waals surface area contributed by atoms with E-state index < -0.39 is 0 Å². The zero-order valence-electron chi connectivity index (χ0n) is 9.13. The molecule has 0 radical (unpaired) electrons. The highest BCUT2D eigenvalue weighted by atomic mass is 16.5. The Morgan fingerprint density at radius 3 is 2.12 bits per heavy atom. The fourth-order valence-corrected chi connectivity index (χ4v) is 1.59. The SMILES string of the molecule is CN1CCN(c2nc(N)[n+]([O-])c(N)n2)CC1. The Hall–Kier alpha value is -1.83. The van der Waals surface area contributed by atoms with Crippen molar-refractivity contribution in [2.45, 2.75) is 0 Å². The molecule has 0 aromatic carbocycles. The fraction of sp³-hybridized carbons (Fsp3) is 0.625. The molecule has 4 N–H and O–H groups in total. The van der Waals surface area contributed by atoms with Gasteiger partial charge in [0.1, 0.15) is 0 Å². The molecule has 1 aliphatic heterocycles. The molecule has 1 saturated heterocycles. The standard InChI is InChI=1S/C8H15N7O/c1-13-2-4-14(5-3-13)8-11-6(9)15(16)7(10)12-8/h2-5H2,1H3,(H4,9,10,11,12). The highest BCUT2D eigenvalue weighted by Crippen LogP contribution is 2.11. The Labute approximate surface area is 93.1 Å². The number of hydrogen-bond acceptors (Lipinski definition) is 7. The Morgan fingerprint density at radius 2 is 1.62 bits per heavy atom. The maximum Gasteiger partial charge on any atom is 0.323 e. The summed E-state index contributed by atoms with van der Waals surface area (Å²) in [5.41, 5.74) is 10.9. The van der Waals surface area contributed by atoms with Gasteiger partial charge >= 0.3 is 17.8 Å². The van der Waals surface area contributed by atoms with Crippen LogP contribution < -0.4 is 21.1 Å². The zero-order chi connectivity index (χ0) is 11.7. The minimum absolute atomic E-state index is 0.165. The molecule has 88 valence electrons. The number of nitrogens with zero attached hydrogens (tertiary/aromatic N) is 5. The molecule has 0 spiro atoms. The van der Waals surface area contributed by atoms with Crippen LogP contribution in [-0.4, -0.2) is 48.1 Å². The number of nitrogens with two attached hydrogens (primary N) is 2. The maximum atomic E-state index is 11.2. The van der Waals surface area contributed by atoms with Crippen molar-refractivity contribution in [1.29, 1.82) is 0 Å². The molecule has 0 amide bonds. The van der Waals surface area contributed by atoms with Gasteiger partial charge in [-0.15, -0.1) is 0 Å². The Kier molecular flexibility index (Phi) is 2.65. The van der Waals surface area contributed by atoms with E-state index in [9.17, 15) is 5.21 Å². The number of nitrogen functional groups attached to an aromatic ring is 2. The largest absolute Gasteiger partial charge is 0.762 e. The van der Waals surface area contributed by atoms with Crippen LogP contribution in [0.1, 0.15) is 0 Å². The quantitative estimate of drug-likeness (QED) is 0.421. The van der Waals surface area contributed by atoms with E-state index in [-0.39, 0.29) is 11.9 Å². The Bertz CT molecular complexity index is 365. The van der Waals surface area contributed by atoms with Gasteiger partial charge in [0.15, 0.2) is 0 Å². The number of aromatic nitrogens is 3. The second-order valence-corrected chi connectivity index (χ2v) is 3.82. The number of likely N-dealkylation sites (N-methyl/N-ethyl adjacent to an activating group) is 1. The van der Waals surface area contributed by atoms with Crippen LogP contribution in [0.4, 0.5) is 17.8 Å². The van der Waals surface area contributed by atoms with Crippen LogP contribution in [0, 0.1) is 5.21 Å². The summed E-state index contributed by atoms with van der Waals surface area (Å²) in [5.74, 6) is 0.0954. The van der Waals surface area contributed by atoms with Crippen molar-refractivity contribution in [2.75, 3.05) is 49.6 Å². The van der Waals surface area contributed by atoms with E-state index in [4.69, 9.17) is 11.5 Å². The summed E-state index contributed by atoms with van der Waals surface area (Å²) in [6, 6.07) is 0. The van der Waals surface area contributed by atoms with Crippen LogP contribution in [0.2, 0.25) is 0 Å². The first-order chi connectivity index (χ1) is 7.58. The van der Waals surface area contributed by atoms with Gasteiger partial charge in [0.2, 0.25) is 0 Å². The van der Waals surface area contributed by atoms with Crippen LogP contribution in [0.15, 0.2) is 0 Å². The van der Waals surface area contributed by atoms with Gasteiger partial charge in [-0.3, -0.25) is 0 Å². The molecular weight excluding hydrogens is 210 g/mol. The first-order valence-corrected chi connectivity index (χ1v) is 5.04. The summed E-state index contributed by atoms with van der Waals surface area (Å²) in [4.78, 5) is 12.0. The summed E-state index contributed by atoms with van der Waals surface area (Å²) >= 11 is 0. The number of anilines is 3. The third-order valence-corrected chi connectivity index (χ3v) is 2.63. The van der Waals surface area contributed by atoms with Crippen molar-refractivity contribution in [3.63, 3.8) is 0 Å². The van der Waals surface area contributed by atoms with Gasteiger partial charge in [-0.1, -0.05) is 9.97 Å². The zero-order valence-corrected chi connectivity index (χ0v) is 9.13. The lowest BCUT2D eigenvalue weighted by atomic mass is 10.3. The van der Waals surface area contributed by atoms with Crippen molar-refractivity contribution in [3.05, 3.63) is 5.21 Å². The first kappa shape index (κ1) is 10.7. The molecular formula is C8H15N7O. The van der Waals surface area contributed by atoms with Gasteiger partial charge in [0, 0.05) is 26.2 Å². The van der Waals surface area contributed by atoms with Crippen molar-refractivity contribution in [2.24, 2.45) is 0 Å². The molecule has 0 bridgehead atoms. The molecule has 0 aliphatic carbocycles. The Morgan fingerprint density at radius 1 is 1.12 bits per heavy atom. The molecule has 8 heteroatoms. The fourth-order valence-electron chi connectivity index (χ4n) is 1.59. The monoisotopic (exact) mass is 225 g/mol. The van der Waals surface area contributed by atoms with E-state index in [2.05, 4.69) is 21.9 Å². The second-order valence-electron chi connectivity index (χ2n) is 3.82. The number of hydrogen-bond donors (Lipinski definition) is 2. The number of rotatable bonds is 1. The van der Waals surface area contributed by atoms with E-state index in [0.717, 1.165) is 26.2 Å². The lowest BCUT2D eigenvalue weighted by Gasteiger charge is -2.31. The molecule has 1 fully saturated rings. The highest BCUT2D eigenvalue weighted by molar-refractivity contribution is 5.36. The van der Waals surface area contributed by atoms with Gasteiger partial charge in [-0.25, -0.2) is 4.73 Å². The lowest BCUT2D eigenvalue weighted by Crippen LogP contribution is -2.46. The molecule has 16 heavy (non-hydrogen) atoms. The van der Waals surface area contributed by atoms with E-state index in [0.29, 0.717) is 10.7 Å². The molecule has 0 atom stereocenters. The Balaban J connectivity index is 2.21. The minimum Gasteiger partial charge on any atom is -0.762 e. The van der Waals surface area contributed by atoms with Crippen LogP contribution in [0.5, 0.6) is 0 Å². The summed E-state index contributed by atoms with van der Waals surface area (Å²) in [6.07, 6.45) is 0. The molecule has 2 rings (SSSR count). The summed E-state index contributed by atoms with van der Waals surface area (Å²) in [5, 5.41) is 11.2. The van der Waals surface area contributed by atoms with E-state index in [1.807, 2.05) is 4.90 Å². The predicted molar refractivity (Wildman–Crippen MR) is 59.5 cm³/mol. The topological polar surface area (TPSA) is 111 Å². The summed E-state index contributed by atoms with van der Waals surface area (Å²) in [6.45, 7) is 3.46. The van der Waals surface area contributed by atoms with Crippen LogP contribution in [0.25, 0.3) is 0 Å². The average molecular weight is 225 g/mol. The van der Waals surface area contributed by atoms with Crippen molar-refractivity contribution < 1.29 is 4.73 Å². The van der Waals surface area contributed by atoms with Crippen molar-refractivity contribution in [1.82, 2.24) is 14.9 Å². The van der Waals surface area contributed by atoms with Gasteiger partial charge in [-0.2, -0.15) is 0 Å². The average Bonchev–Trinajstić information content (AvgIpc) is 2.26. The normalized spacial score (nSPS) is 17.7. The number of piperazine rings is 1. The van der Waals surface area contributed by atoms with E-state index in [1.165, 1.54) is 0 Å². The van der Waals surface area contributed by atoms with Crippen LogP contribution in [-0.2, 0) is 0 Å². The van der Waals surface area contributed by atoms with Crippen molar-refractivity contribution in [3.8, 4) is 0 Å². The van der Waals surface area contributed by atoms with E-state index >= 15 is 0 Å². The molecule has 2 heterocycles. The molecule has 1 aromatic rings. The highest BCUT2D eigenvalue weighted by Gasteiger charge is 2.21. The van der Waals surface area contributed by atoms with Gasteiger partial charge in [0.25, 0.3) is 0 Å². The molecule has 0 unspecified atom stereocenters. The van der Waals surface area contributed by atoms with Gasteiger partial charge in [0.05, 0.1) is 0 Å². The third kappa shape index (κ3) is 1.91. The van der Waals surface area contributed by atoms with Crippen LogP contribution in [0.3, 0.4) is 0 Å². The maximum absolute atomic E-state index is 11.2. The first-order valence-electron chi connectivity index (χ1n) is 5.04. The van der Waals surface area contributed by atoms with E-state index in [1.54, 1.807) is 0 Å². The van der Waals surface area contributed by atoms with Crippen LogP contribution >= 0.6 is 0 Å². The summed E-state index contributed by atoms with van der Waals surface area (Å²) < 4.78 is 0.319. The molecule has 1 aliphatic rings. The molecule has 1 aromatic heterocycles. The molecule has 0 saturated carbocycles. The van der Waals surface area contributed by atoms with Gasteiger partial charge < -0.3 is 26.5 Å². The lowest BCUT2D eigenvalue weighted by molar-refractivity contribution is -0.579. The minimum atomic E-state index is -0.165. The smallest absolute Gasteiger partial charge is 0.323 e. The molecule has 8 nitrogen and oxygen atoms in total.